The van der Waals surface area contributed by atoms with Crippen LogP contribution < -0.4 is 16.0 Å². The number of hydrogen-bond donors (Lipinski definition) is 2. The summed E-state index contributed by atoms with van der Waals surface area (Å²) < 4.78 is 14.1. The van der Waals surface area contributed by atoms with E-state index in [9.17, 15) is 9.18 Å². The van der Waals surface area contributed by atoms with Gasteiger partial charge in [-0.1, -0.05) is 0 Å². The standard InChI is InChI=1S/C14H17BrFN3O/c15-9-5-11(17)13(6-10(9)16)19-4-3-12-8(7-19)1-2-14(20)18-12/h5-6,8,12H,1-4,7,17H2,(H,18,20). The molecule has 20 heavy (non-hydrogen) atoms. The van der Waals surface area contributed by atoms with E-state index in [1.807, 2.05) is 0 Å². The van der Waals surface area contributed by atoms with E-state index in [0.29, 0.717) is 22.5 Å². The lowest BCUT2D eigenvalue weighted by atomic mass is 9.85. The molecule has 2 unspecified atom stereocenters. The third-order valence-electron chi connectivity index (χ3n) is 4.23. The highest BCUT2D eigenvalue weighted by Gasteiger charge is 2.34. The average molecular weight is 342 g/mol. The van der Waals surface area contributed by atoms with Crippen LogP contribution in [0, 0.1) is 11.7 Å². The molecule has 0 radical (unpaired) electrons. The number of nitrogens with two attached hydrogens (primary N) is 1. The summed E-state index contributed by atoms with van der Waals surface area (Å²) >= 11 is 3.15. The van der Waals surface area contributed by atoms with Crippen LogP contribution in [0.15, 0.2) is 16.6 Å². The number of carbonyl (C=O) groups is 1. The molecule has 0 saturated carbocycles. The Morgan fingerprint density at radius 3 is 3.00 bits per heavy atom. The van der Waals surface area contributed by atoms with Crippen molar-refractivity contribution in [1.29, 1.82) is 0 Å². The normalized spacial score (nSPS) is 26.1. The Hall–Kier alpha value is -1.30. The van der Waals surface area contributed by atoms with E-state index in [1.165, 1.54) is 6.07 Å². The number of piperidine rings is 2. The van der Waals surface area contributed by atoms with Crippen LogP contribution in [0.4, 0.5) is 15.8 Å². The molecule has 4 nitrogen and oxygen atoms in total. The van der Waals surface area contributed by atoms with Gasteiger partial charge in [-0.15, -0.1) is 0 Å². The first kappa shape index (κ1) is 13.7. The smallest absolute Gasteiger partial charge is 0.220 e. The van der Waals surface area contributed by atoms with Gasteiger partial charge in [-0.25, -0.2) is 4.39 Å². The van der Waals surface area contributed by atoms with Gasteiger partial charge < -0.3 is 16.0 Å². The van der Waals surface area contributed by atoms with Gasteiger partial charge in [0.05, 0.1) is 15.8 Å². The van der Waals surface area contributed by atoms with Crippen LogP contribution >= 0.6 is 15.9 Å². The molecule has 0 aromatic heterocycles. The molecule has 0 aliphatic carbocycles. The maximum Gasteiger partial charge on any atom is 0.220 e. The lowest BCUT2D eigenvalue weighted by molar-refractivity contribution is -0.124. The summed E-state index contributed by atoms with van der Waals surface area (Å²) in [5, 5.41) is 3.05. The molecule has 108 valence electrons. The molecule has 2 fully saturated rings. The number of fused-ring (bicyclic) bond motifs is 1. The van der Waals surface area contributed by atoms with Gasteiger partial charge in [0.2, 0.25) is 5.91 Å². The van der Waals surface area contributed by atoms with E-state index in [2.05, 4.69) is 26.1 Å². The summed E-state index contributed by atoms with van der Waals surface area (Å²) in [7, 11) is 0. The lowest BCUT2D eigenvalue weighted by Crippen LogP contribution is -2.54. The summed E-state index contributed by atoms with van der Waals surface area (Å²) in [4.78, 5) is 13.5. The minimum Gasteiger partial charge on any atom is -0.397 e. The van der Waals surface area contributed by atoms with Crippen LogP contribution in [0.2, 0.25) is 0 Å². The van der Waals surface area contributed by atoms with Crippen LogP contribution in [-0.2, 0) is 4.79 Å². The average Bonchev–Trinajstić information content (AvgIpc) is 2.42. The van der Waals surface area contributed by atoms with Crippen molar-refractivity contribution in [1.82, 2.24) is 5.32 Å². The summed E-state index contributed by atoms with van der Waals surface area (Å²) in [5.41, 5.74) is 7.33. The van der Waals surface area contributed by atoms with Crippen LogP contribution in [0.25, 0.3) is 0 Å². The Balaban J connectivity index is 1.80. The number of carbonyl (C=O) groups excluding carboxylic acids is 1. The van der Waals surface area contributed by atoms with E-state index in [-0.39, 0.29) is 17.8 Å². The molecule has 1 amide bonds. The highest BCUT2D eigenvalue weighted by Crippen LogP contribution is 2.34. The summed E-state index contributed by atoms with van der Waals surface area (Å²) in [5.74, 6) is 0.273. The number of halogens is 2. The number of benzene rings is 1. The van der Waals surface area contributed by atoms with Crippen LogP contribution in [0.5, 0.6) is 0 Å². The van der Waals surface area contributed by atoms with E-state index in [1.54, 1.807) is 6.07 Å². The third kappa shape index (κ3) is 2.49. The van der Waals surface area contributed by atoms with Gasteiger partial charge in [-0.05, 0) is 40.8 Å². The zero-order valence-corrected chi connectivity index (χ0v) is 12.6. The summed E-state index contributed by atoms with van der Waals surface area (Å²) in [6.45, 7) is 1.60. The second kappa shape index (κ2) is 5.24. The van der Waals surface area contributed by atoms with Gasteiger partial charge in [0.15, 0.2) is 0 Å². The molecule has 3 N–H and O–H groups in total. The molecular formula is C14H17BrFN3O. The topological polar surface area (TPSA) is 58.4 Å². The van der Waals surface area contributed by atoms with Crippen molar-refractivity contribution in [3.63, 3.8) is 0 Å². The molecule has 2 aliphatic rings. The Bertz CT molecular complexity index is 551. The molecule has 2 saturated heterocycles. The number of nitrogens with one attached hydrogen (secondary N) is 1. The van der Waals surface area contributed by atoms with Crippen molar-refractivity contribution in [3.05, 3.63) is 22.4 Å². The minimum absolute atomic E-state index is 0.147. The van der Waals surface area contributed by atoms with E-state index in [0.717, 1.165) is 31.6 Å². The molecule has 3 rings (SSSR count). The van der Waals surface area contributed by atoms with Crippen molar-refractivity contribution in [3.8, 4) is 0 Å². The van der Waals surface area contributed by atoms with Gasteiger partial charge in [-0.2, -0.15) is 0 Å². The third-order valence-corrected chi connectivity index (χ3v) is 4.84. The second-order valence-corrected chi connectivity index (χ2v) is 6.39. The first-order valence-electron chi connectivity index (χ1n) is 6.83. The number of nitrogen functional groups attached to an aromatic ring is 1. The second-order valence-electron chi connectivity index (χ2n) is 5.53. The fraction of sp³-hybridized carbons (Fsp3) is 0.500. The minimum atomic E-state index is -0.298. The van der Waals surface area contributed by atoms with Gasteiger partial charge >= 0.3 is 0 Å². The predicted octanol–water partition coefficient (Wildman–Crippen LogP) is 2.28. The van der Waals surface area contributed by atoms with Crippen LogP contribution in [0.1, 0.15) is 19.3 Å². The van der Waals surface area contributed by atoms with Crippen molar-refractivity contribution < 1.29 is 9.18 Å². The summed E-state index contributed by atoms with van der Waals surface area (Å²) in [6.07, 6.45) is 2.36. The van der Waals surface area contributed by atoms with Crippen LogP contribution in [-0.4, -0.2) is 25.0 Å². The Morgan fingerprint density at radius 2 is 2.20 bits per heavy atom. The molecule has 1 aromatic carbocycles. The molecule has 1 aromatic rings. The summed E-state index contributed by atoms with van der Waals surface area (Å²) in [6, 6.07) is 3.36. The molecular weight excluding hydrogens is 325 g/mol. The van der Waals surface area contributed by atoms with E-state index >= 15 is 0 Å². The Kier molecular flexibility index (Phi) is 3.58. The Labute approximate surface area is 125 Å². The van der Waals surface area contributed by atoms with Crippen molar-refractivity contribution in [2.75, 3.05) is 23.7 Å². The number of rotatable bonds is 1. The predicted molar refractivity (Wildman–Crippen MR) is 80.0 cm³/mol. The van der Waals surface area contributed by atoms with Crippen LogP contribution in [0.3, 0.4) is 0 Å². The fourth-order valence-electron chi connectivity index (χ4n) is 3.15. The van der Waals surface area contributed by atoms with Gasteiger partial charge in [0, 0.05) is 31.6 Å². The highest BCUT2D eigenvalue weighted by atomic mass is 79.9. The fourth-order valence-corrected chi connectivity index (χ4v) is 3.52. The maximum absolute atomic E-state index is 13.7. The SMILES string of the molecule is Nc1cc(Br)c(F)cc1N1CCC2NC(=O)CCC2C1. The van der Waals surface area contributed by atoms with Gasteiger partial charge in [-0.3, -0.25) is 4.79 Å². The zero-order chi connectivity index (χ0) is 14.3. The number of anilines is 2. The van der Waals surface area contributed by atoms with Crippen molar-refractivity contribution in [2.24, 2.45) is 5.92 Å². The molecule has 2 heterocycles. The first-order chi connectivity index (χ1) is 9.54. The number of amides is 1. The van der Waals surface area contributed by atoms with Gasteiger partial charge in [0.25, 0.3) is 0 Å². The lowest BCUT2D eigenvalue weighted by Gasteiger charge is -2.42. The monoisotopic (exact) mass is 341 g/mol. The largest absolute Gasteiger partial charge is 0.397 e. The maximum atomic E-state index is 13.7. The molecule has 0 bridgehead atoms. The highest BCUT2D eigenvalue weighted by molar-refractivity contribution is 9.10. The number of hydrogen-bond acceptors (Lipinski definition) is 3. The Morgan fingerprint density at radius 1 is 1.40 bits per heavy atom. The first-order valence-corrected chi connectivity index (χ1v) is 7.62. The molecule has 2 atom stereocenters. The van der Waals surface area contributed by atoms with E-state index in [4.69, 9.17) is 5.73 Å². The quantitative estimate of drug-likeness (QED) is 0.770. The molecule has 2 aliphatic heterocycles. The molecule has 0 spiro atoms. The van der Waals surface area contributed by atoms with Crippen molar-refractivity contribution >= 4 is 33.2 Å². The number of nitrogens with zero attached hydrogens (tertiary/aromatic N) is 1. The molecule has 6 heteroatoms. The zero-order valence-electron chi connectivity index (χ0n) is 11.0. The van der Waals surface area contributed by atoms with Gasteiger partial charge in [0.1, 0.15) is 5.82 Å². The van der Waals surface area contributed by atoms with E-state index < -0.39 is 0 Å². The van der Waals surface area contributed by atoms with Crippen molar-refractivity contribution in [2.45, 2.75) is 25.3 Å².